The van der Waals surface area contributed by atoms with Gasteiger partial charge in [0.2, 0.25) is 11.9 Å². The lowest BCUT2D eigenvalue weighted by molar-refractivity contribution is -0.128. The lowest BCUT2D eigenvalue weighted by atomic mass is 9.88. The fraction of sp³-hybridized carbons (Fsp3) is 0.500. The number of aromatic nitrogens is 2. The van der Waals surface area contributed by atoms with Gasteiger partial charge in [0.05, 0.1) is 24.2 Å². The van der Waals surface area contributed by atoms with E-state index in [2.05, 4.69) is 52.0 Å². The zero-order chi connectivity index (χ0) is 27.4. The van der Waals surface area contributed by atoms with E-state index in [1.54, 1.807) is 11.8 Å². The summed E-state index contributed by atoms with van der Waals surface area (Å²) in [5.74, 6) is 1.39. The van der Waals surface area contributed by atoms with Gasteiger partial charge in [-0.1, -0.05) is 24.8 Å². The Morgan fingerprint density at radius 3 is 2.85 bits per heavy atom. The van der Waals surface area contributed by atoms with E-state index in [0.29, 0.717) is 44.6 Å². The molecule has 0 bridgehead atoms. The topological polar surface area (TPSA) is 105 Å². The Morgan fingerprint density at radius 1 is 1.21 bits per heavy atom. The molecule has 1 unspecified atom stereocenters. The molecule has 2 aromatic rings. The molecule has 2 atom stereocenters. The number of para-hydroxylation sites is 1. The summed E-state index contributed by atoms with van der Waals surface area (Å²) in [5, 5.41) is 12.7. The largest absolute Gasteiger partial charge is 0.368 e. The van der Waals surface area contributed by atoms with Crippen molar-refractivity contribution in [2.75, 3.05) is 47.8 Å². The van der Waals surface area contributed by atoms with E-state index < -0.39 is 0 Å². The number of amides is 1. The summed E-state index contributed by atoms with van der Waals surface area (Å²) in [4.78, 5) is 40.4. The maximum absolute atomic E-state index is 12.4. The maximum atomic E-state index is 12.4. The first-order valence-electron chi connectivity index (χ1n) is 14.0. The molecule has 0 saturated carbocycles. The first kappa shape index (κ1) is 26.7. The first-order valence-corrected chi connectivity index (χ1v) is 14.0. The molecule has 204 valence electrons. The number of carbonyl (C=O) groups excluding carboxylic acids is 2. The van der Waals surface area contributed by atoms with Crippen LogP contribution in [0.5, 0.6) is 0 Å². The van der Waals surface area contributed by atoms with E-state index in [4.69, 9.17) is 9.97 Å². The van der Waals surface area contributed by atoms with E-state index in [-0.39, 0.29) is 24.2 Å². The molecule has 1 aromatic heterocycles. The molecule has 0 radical (unpaired) electrons. The highest BCUT2D eigenvalue weighted by Gasteiger charge is 2.35. The highest BCUT2D eigenvalue weighted by Crippen LogP contribution is 2.36. The van der Waals surface area contributed by atoms with E-state index in [1.165, 1.54) is 17.3 Å². The minimum atomic E-state index is -0.227. The van der Waals surface area contributed by atoms with Crippen molar-refractivity contribution >= 4 is 29.1 Å². The SMILES string of the molecule is C=CC(=O)N1CCN(c2nc(NCCC(C)=O)nc3c2CCC(N2CCCc4ccccc42)C3)C[C@@H]1CC#N. The Bertz CT molecular complexity index is 1290. The summed E-state index contributed by atoms with van der Waals surface area (Å²) in [6.45, 7) is 8.42. The van der Waals surface area contributed by atoms with Gasteiger partial charge in [0, 0.05) is 62.9 Å². The number of nitrogens with one attached hydrogen (secondary N) is 1. The summed E-state index contributed by atoms with van der Waals surface area (Å²) in [7, 11) is 0. The molecule has 0 spiro atoms. The maximum Gasteiger partial charge on any atom is 0.246 e. The van der Waals surface area contributed by atoms with Gasteiger partial charge in [0.25, 0.3) is 0 Å². The Kier molecular flexibility index (Phi) is 8.10. The number of nitrogens with zero attached hydrogens (tertiary/aromatic N) is 6. The summed E-state index contributed by atoms with van der Waals surface area (Å²) >= 11 is 0. The third kappa shape index (κ3) is 5.75. The fourth-order valence-corrected chi connectivity index (χ4v) is 6.21. The van der Waals surface area contributed by atoms with Crippen LogP contribution >= 0.6 is 0 Å². The molecule has 9 nitrogen and oxygen atoms in total. The number of anilines is 3. The normalized spacial score (nSPS) is 20.5. The van der Waals surface area contributed by atoms with Gasteiger partial charge in [0.15, 0.2) is 0 Å². The Labute approximate surface area is 230 Å². The number of ketones is 1. The van der Waals surface area contributed by atoms with Gasteiger partial charge in [-0.05, 0) is 50.3 Å². The van der Waals surface area contributed by atoms with Gasteiger partial charge in [-0.3, -0.25) is 9.59 Å². The van der Waals surface area contributed by atoms with E-state index in [0.717, 1.165) is 55.7 Å². The van der Waals surface area contributed by atoms with Crippen molar-refractivity contribution in [1.82, 2.24) is 14.9 Å². The molecule has 1 amide bonds. The molecule has 9 heteroatoms. The number of nitriles is 1. The molecular formula is C30H37N7O2. The van der Waals surface area contributed by atoms with Crippen molar-refractivity contribution in [2.24, 2.45) is 0 Å². The van der Waals surface area contributed by atoms with Crippen LogP contribution in [-0.2, 0) is 28.9 Å². The minimum Gasteiger partial charge on any atom is -0.368 e. The number of fused-ring (bicyclic) bond motifs is 2. The number of benzene rings is 1. The third-order valence-corrected chi connectivity index (χ3v) is 8.14. The van der Waals surface area contributed by atoms with E-state index in [1.807, 2.05) is 0 Å². The number of rotatable bonds is 8. The Hall–Kier alpha value is -3.93. The van der Waals surface area contributed by atoms with Crippen LogP contribution in [-0.4, -0.2) is 71.4 Å². The van der Waals surface area contributed by atoms with Crippen LogP contribution in [0, 0.1) is 11.3 Å². The molecule has 5 rings (SSSR count). The zero-order valence-corrected chi connectivity index (χ0v) is 22.7. The number of carbonyl (C=O) groups is 2. The predicted octanol–water partition coefficient (Wildman–Crippen LogP) is 3.29. The van der Waals surface area contributed by atoms with Crippen LogP contribution < -0.4 is 15.1 Å². The molecule has 1 saturated heterocycles. The van der Waals surface area contributed by atoms with Crippen LogP contribution in [0.3, 0.4) is 0 Å². The van der Waals surface area contributed by atoms with E-state index >= 15 is 0 Å². The molecule has 3 heterocycles. The van der Waals surface area contributed by atoms with Crippen molar-refractivity contribution < 1.29 is 9.59 Å². The Morgan fingerprint density at radius 2 is 2.05 bits per heavy atom. The van der Waals surface area contributed by atoms with E-state index in [9.17, 15) is 14.9 Å². The zero-order valence-electron chi connectivity index (χ0n) is 22.7. The molecule has 1 N–H and O–H groups in total. The predicted molar refractivity (Wildman–Crippen MR) is 152 cm³/mol. The summed E-state index contributed by atoms with van der Waals surface area (Å²) < 4.78 is 0. The van der Waals surface area contributed by atoms with Crippen LogP contribution in [0.15, 0.2) is 36.9 Å². The van der Waals surface area contributed by atoms with Crippen molar-refractivity contribution in [3.8, 4) is 6.07 Å². The van der Waals surface area contributed by atoms with Crippen LogP contribution in [0.4, 0.5) is 17.5 Å². The molecule has 1 aromatic carbocycles. The van der Waals surface area contributed by atoms with Gasteiger partial charge in [0.1, 0.15) is 11.6 Å². The average molecular weight is 528 g/mol. The average Bonchev–Trinajstić information content (AvgIpc) is 2.95. The summed E-state index contributed by atoms with van der Waals surface area (Å²) in [6, 6.07) is 11.1. The molecule has 2 aliphatic heterocycles. The number of hydrogen-bond donors (Lipinski definition) is 1. The monoisotopic (exact) mass is 527 g/mol. The highest BCUT2D eigenvalue weighted by atomic mass is 16.2. The first-order chi connectivity index (χ1) is 19.0. The lowest BCUT2D eigenvalue weighted by Gasteiger charge is -2.43. The minimum absolute atomic E-state index is 0.117. The van der Waals surface area contributed by atoms with Crippen molar-refractivity contribution in [2.45, 2.75) is 64.0 Å². The Balaban J connectivity index is 1.44. The third-order valence-electron chi connectivity index (χ3n) is 8.14. The second-order valence-corrected chi connectivity index (χ2v) is 10.7. The van der Waals surface area contributed by atoms with Gasteiger partial charge in [-0.15, -0.1) is 0 Å². The number of aryl methyl sites for hydroxylation is 1. The van der Waals surface area contributed by atoms with Gasteiger partial charge < -0.3 is 20.0 Å². The number of piperazine rings is 1. The second-order valence-electron chi connectivity index (χ2n) is 10.7. The number of hydrogen-bond acceptors (Lipinski definition) is 8. The lowest BCUT2D eigenvalue weighted by Crippen LogP contribution is -2.55. The van der Waals surface area contributed by atoms with Crippen LogP contribution in [0.1, 0.15) is 49.4 Å². The molecule has 39 heavy (non-hydrogen) atoms. The van der Waals surface area contributed by atoms with Gasteiger partial charge in [-0.25, -0.2) is 4.98 Å². The van der Waals surface area contributed by atoms with Gasteiger partial charge in [-0.2, -0.15) is 10.2 Å². The molecule has 1 fully saturated rings. The standard InChI is InChI=1S/C30H37N7O2/c1-3-28(39)37-18-17-35(20-24(37)12-14-31)29-25-11-10-23(36-16-6-8-22-7-4-5-9-27(22)36)19-26(25)33-30(34-29)32-15-13-21(2)38/h3-5,7,9,23-24H,1,6,8,10-13,15-20H2,2H3,(H,32,33,34)/t23?,24-/m0/s1. The van der Waals surface area contributed by atoms with Crippen molar-refractivity contribution in [3.05, 3.63) is 53.7 Å². The molecule has 3 aliphatic rings. The highest BCUT2D eigenvalue weighted by molar-refractivity contribution is 5.87. The summed E-state index contributed by atoms with van der Waals surface area (Å²) in [6.07, 6.45) is 6.98. The van der Waals surface area contributed by atoms with Crippen molar-refractivity contribution in [1.29, 1.82) is 5.26 Å². The van der Waals surface area contributed by atoms with Crippen molar-refractivity contribution in [3.63, 3.8) is 0 Å². The molecule has 1 aliphatic carbocycles. The smallest absolute Gasteiger partial charge is 0.246 e. The van der Waals surface area contributed by atoms with Crippen LogP contribution in [0.2, 0.25) is 0 Å². The summed E-state index contributed by atoms with van der Waals surface area (Å²) in [5.41, 5.74) is 4.97. The second kappa shape index (κ2) is 11.9. The molecular weight excluding hydrogens is 490 g/mol. The van der Waals surface area contributed by atoms with Crippen LogP contribution in [0.25, 0.3) is 0 Å². The number of Topliss-reactive ketones (excluding diaryl/α,β-unsaturated/α-hetero) is 1. The fourth-order valence-electron chi connectivity index (χ4n) is 6.21. The van der Waals surface area contributed by atoms with Gasteiger partial charge >= 0.3 is 0 Å². The quantitative estimate of drug-likeness (QED) is 0.522.